The zero-order valence-corrected chi connectivity index (χ0v) is 11.9. The molecular formula is C13H16N4O2S. The summed E-state index contributed by atoms with van der Waals surface area (Å²) in [5.74, 6) is -0.666. The van der Waals surface area contributed by atoms with Gasteiger partial charge in [-0.2, -0.15) is 0 Å². The highest BCUT2D eigenvalue weighted by molar-refractivity contribution is 7.99. The molecular weight excluding hydrogens is 276 g/mol. The van der Waals surface area contributed by atoms with Crippen LogP contribution >= 0.6 is 11.8 Å². The summed E-state index contributed by atoms with van der Waals surface area (Å²) in [6.07, 6.45) is 0.995. The molecule has 1 aromatic heterocycles. The summed E-state index contributed by atoms with van der Waals surface area (Å²) < 4.78 is 1.72. The second-order valence-corrected chi connectivity index (χ2v) is 5.22. The maximum absolute atomic E-state index is 10.6. The number of carboxylic acid groups (broad SMARTS) is 1. The van der Waals surface area contributed by atoms with Crippen molar-refractivity contribution < 1.29 is 9.90 Å². The van der Waals surface area contributed by atoms with E-state index in [2.05, 4.69) is 29.3 Å². The van der Waals surface area contributed by atoms with Crippen LogP contribution in [0.3, 0.4) is 0 Å². The number of carboxylic acids is 1. The van der Waals surface area contributed by atoms with Crippen LogP contribution in [0.5, 0.6) is 0 Å². The van der Waals surface area contributed by atoms with Crippen LogP contribution in [0.4, 0.5) is 5.95 Å². The third kappa shape index (κ3) is 3.51. The van der Waals surface area contributed by atoms with E-state index in [4.69, 9.17) is 10.8 Å². The van der Waals surface area contributed by atoms with Gasteiger partial charge in [0.2, 0.25) is 5.95 Å². The number of nitrogen functional groups attached to an aromatic ring is 1. The average molecular weight is 292 g/mol. The van der Waals surface area contributed by atoms with E-state index in [0.717, 1.165) is 23.7 Å². The van der Waals surface area contributed by atoms with Gasteiger partial charge in [-0.1, -0.05) is 43.0 Å². The van der Waals surface area contributed by atoms with Gasteiger partial charge in [0.05, 0.1) is 12.3 Å². The van der Waals surface area contributed by atoms with Crippen LogP contribution in [0.25, 0.3) is 0 Å². The molecule has 6 nitrogen and oxygen atoms in total. The summed E-state index contributed by atoms with van der Waals surface area (Å²) in [6.45, 7) is 2.64. The van der Waals surface area contributed by atoms with Gasteiger partial charge in [0.1, 0.15) is 0 Å². The van der Waals surface area contributed by atoms with Gasteiger partial charge in [-0.25, -0.2) is 0 Å². The van der Waals surface area contributed by atoms with Gasteiger partial charge in [-0.15, -0.1) is 10.2 Å². The molecule has 0 amide bonds. The number of rotatable bonds is 6. The third-order valence-electron chi connectivity index (χ3n) is 2.84. The Labute approximate surface area is 121 Å². The molecule has 106 valence electrons. The lowest BCUT2D eigenvalue weighted by atomic mass is 10.1. The molecule has 0 atom stereocenters. The molecule has 0 aliphatic heterocycles. The number of benzene rings is 1. The largest absolute Gasteiger partial charge is 0.481 e. The smallest absolute Gasteiger partial charge is 0.313 e. The lowest BCUT2D eigenvalue weighted by Crippen LogP contribution is -2.07. The number of hydrogen-bond donors (Lipinski definition) is 2. The lowest BCUT2D eigenvalue weighted by Gasteiger charge is -2.08. The first-order valence-corrected chi connectivity index (χ1v) is 7.19. The monoisotopic (exact) mass is 292 g/mol. The van der Waals surface area contributed by atoms with E-state index in [-0.39, 0.29) is 11.7 Å². The number of aliphatic carboxylic acids is 1. The fourth-order valence-electron chi connectivity index (χ4n) is 1.74. The van der Waals surface area contributed by atoms with Crippen LogP contribution in [0, 0.1) is 0 Å². The molecule has 0 spiro atoms. The summed E-state index contributed by atoms with van der Waals surface area (Å²) in [5, 5.41) is 16.9. The Morgan fingerprint density at radius 3 is 2.55 bits per heavy atom. The first-order valence-electron chi connectivity index (χ1n) is 6.21. The standard InChI is InChI=1S/C13H16N4O2S/c1-2-9-3-5-10(6-4-9)7-17-12(14)15-16-13(17)20-8-11(18)19/h3-6H,2,7-8H2,1H3,(H2,14,15)(H,18,19). The Kier molecular flexibility index (Phi) is 4.62. The van der Waals surface area contributed by atoms with E-state index in [0.29, 0.717) is 11.7 Å². The quantitative estimate of drug-likeness (QED) is 0.786. The molecule has 2 rings (SSSR count). The number of nitrogens with two attached hydrogens (primary N) is 1. The van der Waals surface area contributed by atoms with Crippen LogP contribution in [-0.2, 0) is 17.8 Å². The second-order valence-electron chi connectivity index (χ2n) is 4.28. The zero-order chi connectivity index (χ0) is 14.5. The zero-order valence-electron chi connectivity index (χ0n) is 11.1. The number of hydrogen-bond acceptors (Lipinski definition) is 5. The maximum Gasteiger partial charge on any atom is 0.313 e. The molecule has 0 radical (unpaired) electrons. The predicted molar refractivity (Wildman–Crippen MR) is 77.7 cm³/mol. The molecule has 0 aliphatic carbocycles. The molecule has 1 heterocycles. The molecule has 2 aromatic rings. The summed E-state index contributed by atoms with van der Waals surface area (Å²) >= 11 is 1.11. The van der Waals surface area contributed by atoms with Gasteiger partial charge >= 0.3 is 5.97 Å². The van der Waals surface area contributed by atoms with Crippen molar-refractivity contribution >= 4 is 23.7 Å². The maximum atomic E-state index is 10.6. The van der Waals surface area contributed by atoms with Gasteiger partial charge in [0, 0.05) is 0 Å². The molecule has 0 unspecified atom stereocenters. The van der Waals surface area contributed by atoms with Gasteiger partial charge < -0.3 is 10.8 Å². The van der Waals surface area contributed by atoms with Crippen molar-refractivity contribution in [3.8, 4) is 0 Å². The molecule has 20 heavy (non-hydrogen) atoms. The fourth-order valence-corrected chi connectivity index (χ4v) is 2.41. The normalized spacial score (nSPS) is 10.7. The number of nitrogens with zero attached hydrogens (tertiary/aromatic N) is 3. The minimum absolute atomic E-state index is 0.0626. The van der Waals surface area contributed by atoms with Crippen LogP contribution in [0.15, 0.2) is 29.4 Å². The Morgan fingerprint density at radius 2 is 1.95 bits per heavy atom. The number of thioether (sulfide) groups is 1. The van der Waals surface area contributed by atoms with E-state index >= 15 is 0 Å². The van der Waals surface area contributed by atoms with Gasteiger partial charge in [0.25, 0.3) is 0 Å². The van der Waals surface area contributed by atoms with Crippen molar-refractivity contribution in [3.05, 3.63) is 35.4 Å². The first-order chi connectivity index (χ1) is 9.60. The van der Waals surface area contributed by atoms with E-state index in [1.54, 1.807) is 4.57 Å². The SMILES string of the molecule is CCc1ccc(Cn2c(N)nnc2SCC(=O)O)cc1. The second kappa shape index (κ2) is 6.42. The van der Waals surface area contributed by atoms with Crippen molar-refractivity contribution in [2.75, 3.05) is 11.5 Å². The van der Waals surface area contributed by atoms with Gasteiger partial charge in [-0.05, 0) is 17.5 Å². The summed E-state index contributed by atoms with van der Waals surface area (Å²) in [6, 6.07) is 8.20. The molecule has 0 saturated carbocycles. The molecule has 0 aliphatic rings. The highest BCUT2D eigenvalue weighted by Gasteiger charge is 2.12. The summed E-state index contributed by atoms with van der Waals surface area (Å²) in [5.41, 5.74) is 8.12. The van der Waals surface area contributed by atoms with Gasteiger partial charge in [0.15, 0.2) is 5.16 Å². The van der Waals surface area contributed by atoms with Crippen molar-refractivity contribution in [1.29, 1.82) is 0 Å². The molecule has 0 saturated heterocycles. The van der Waals surface area contributed by atoms with Crippen molar-refractivity contribution in [2.45, 2.75) is 25.0 Å². The number of carbonyl (C=O) groups is 1. The molecule has 0 fully saturated rings. The Hall–Kier alpha value is -2.02. The van der Waals surface area contributed by atoms with E-state index in [1.807, 2.05) is 12.1 Å². The van der Waals surface area contributed by atoms with E-state index in [1.165, 1.54) is 5.56 Å². The Bertz CT molecular complexity index is 595. The van der Waals surface area contributed by atoms with Crippen molar-refractivity contribution in [1.82, 2.24) is 14.8 Å². The Balaban J connectivity index is 2.14. The van der Waals surface area contributed by atoms with Crippen LogP contribution in [0.1, 0.15) is 18.1 Å². The van der Waals surface area contributed by atoms with Crippen LogP contribution in [0.2, 0.25) is 0 Å². The lowest BCUT2D eigenvalue weighted by molar-refractivity contribution is -0.133. The molecule has 0 bridgehead atoms. The predicted octanol–water partition coefficient (Wildman–Crippen LogP) is 1.65. The Morgan fingerprint density at radius 1 is 1.30 bits per heavy atom. The number of aromatic nitrogens is 3. The highest BCUT2D eigenvalue weighted by Crippen LogP contribution is 2.19. The van der Waals surface area contributed by atoms with Crippen LogP contribution in [-0.4, -0.2) is 31.6 Å². The average Bonchev–Trinajstić information content (AvgIpc) is 2.78. The van der Waals surface area contributed by atoms with E-state index in [9.17, 15) is 4.79 Å². The fraction of sp³-hybridized carbons (Fsp3) is 0.308. The first kappa shape index (κ1) is 14.4. The number of aryl methyl sites for hydroxylation is 1. The topological polar surface area (TPSA) is 94.0 Å². The van der Waals surface area contributed by atoms with E-state index < -0.39 is 5.97 Å². The third-order valence-corrected chi connectivity index (χ3v) is 3.79. The van der Waals surface area contributed by atoms with Crippen LogP contribution < -0.4 is 5.73 Å². The summed E-state index contributed by atoms with van der Waals surface area (Å²) in [7, 11) is 0. The minimum Gasteiger partial charge on any atom is -0.481 e. The molecule has 3 N–H and O–H groups in total. The molecule has 1 aromatic carbocycles. The van der Waals surface area contributed by atoms with Gasteiger partial charge in [-0.3, -0.25) is 9.36 Å². The number of anilines is 1. The summed E-state index contributed by atoms with van der Waals surface area (Å²) in [4.78, 5) is 10.6. The highest BCUT2D eigenvalue weighted by atomic mass is 32.2. The van der Waals surface area contributed by atoms with Crippen molar-refractivity contribution in [3.63, 3.8) is 0 Å². The van der Waals surface area contributed by atoms with Crippen molar-refractivity contribution in [2.24, 2.45) is 0 Å². The minimum atomic E-state index is -0.893. The molecule has 7 heteroatoms.